The number of carbonyl (C=O) groups is 1. The first-order valence-electron chi connectivity index (χ1n) is 9.29. The molecule has 3 atom stereocenters. The van der Waals surface area contributed by atoms with E-state index < -0.39 is 5.60 Å². The van der Waals surface area contributed by atoms with Gasteiger partial charge in [-0.15, -0.1) is 6.58 Å². The predicted octanol–water partition coefficient (Wildman–Crippen LogP) is 6.07. The highest BCUT2D eigenvalue weighted by molar-refractivity contribution is 9.11. The third kappa shape index (κ3) is 4.03. The summed E-state index contributed by atoms with van der Waals surface area (Å²) in [6.07, 6.45) is 7.66. The van der Waals surface area contributed by atoms with Crippen molar-refractivity contribution in [2.24, 2.45) is 5.92 Å². The molecule has 1 aliphatic heterocycles. The summed E-state index contributed by atoms with van der Waals surface area (Å²) in [5.74, 6) is 0.0615. The van der Waals surface area contributed by atoms with Crippen LogP contribution in [0, 0.1) is 11.7 Å². The Morgan fingerprint density at radius 2 is 2.11 bits per heavy atom. The number of benzene rings is 1. The molecular formula is C22H25BrFNO2. The minimum atomic E-state index is -0.780. The molecule has 2 aliphatic rings. The van der Waals surface area contributed by atoms with E-state index in [1.165, 1.54) is 22.2 Å². The summed E-state index contributed by atoms with van der Waals surface area (Å²) in [5, 5.41) is 0. The average Bonchev–Trinajstić information content (AvgIpc) is 2.62. The normalized spacial score (nSPS) is 26.7. The lowest BCUT2D eigenvalue weighted by Gasteiger charge is -2.44. The lowest BCUT2D eigenvalue weighted by atomic mass is 9.84. The highest BCUT2D eigenvalue weighted by atomic mass is 79.9. The van der Waals surface area contributed by atoms with Crippen molar-refractivity contribution in [1.82, 2.24) is 4.90 Å². The fourth-order valence-corrected chi connectivity index (χ4v) is 4.65. The van der Waals surface area contributed by atoms with Crippen LogP contribution in [0.1, 0.15) is 38.7 Å². The van der Waals surface area contributed by atoms with Gasteiger partial charge in [-0.3, -0.25) is 0 Å². The van der Waals surface area contributed by atoms with E-state index >= 15 is 0 Å². The van der Waals surface area contributed by atoms with Crippen molar-refractivity contribution in [1.29, 1.82) is 0 Å². The Kier molecular flexibility index (Phi) is 5.89. The molecule has 1 aromatic carbocycles. The van der Waals surface area contributed by atoms with Gasteiger partial charge in [-0.1, -0.05) is 53.2 Å². The average molecular weight is 434 g/mol. The molecule has 1 heterocycles. The third-order valence-corrected chi connectivity index (χ3v) is 6.18. The molecule has 3 nitrogen and oxygen atoms in total. The fraction of sp³-hybridized carbons (Fsp3) is 0.409. The quantitative estimate of drug-likeness (QED) is 0.527. The summed E-state index contributed by atoms with van der Waals surface area (Å²) in [6.45, 7) is 8.62. The van der Waals surface area contributed by atoms with Crippen molar-refractivity contribution in [3.63, 3.8) is 0 Å². The van der Waals surface area contributed by atoms with Crippen molar-refractivity contribution in [2.45, 2.75) is 44.8 Å². The van der Waals surface area contributed by atoms with E-state index in [9.17, 15) is 9.18 Å². The number of halogens is 2. The molecule has 3 rings (SSSR count). The number of ether oxygens (including phenoxy) is 1. The van der Waals surface area contributed by atoms with Crippen molar-refractivity contribution in [3.05, 3.63) is 70.5 Å². The minimum Gasteiger partial charge on any atom is -0.437 e. The van der Waals surface area contributed by atoms with Crippen molar-refractivity contribution in [2.75, 3.05) is 6.54 Å². The zero-order chi connectivity index (χ0) is 19.6. The Hall–Kier alpha value is -1.88. The van der Waals surface area contributed by atoms with Crippen LogP contribution < -0.4 is 0 Å². The Morgan fingerprint density at radius 3 is 2.70 bits per heavy atom. The molecule has 5 heteroatoms. The molecule has 0 saturated carbocycles. The molecule has 3 unspecified atom stereocenters. The van der Waals surface area contributed by atoms with Crippen LogP contribution in [0.3, 0.4) is 0 Å². The first kappa shape index (κ1) is 19.9. The smallest absolute Gasteiger partial charge is 0.411 e. The maximum Gasteiger partial charge on any atom is 0.411 e. The number of rotatable bonds is 5. The van der Waals surface area contributed by atoms with Crippen LogP contribution in [-0.2, 0) is 10.3 Å². The van der Waals surface area contributed by atoms with Crippen LogP contribution in [0.5, 0.6) is 0 Å². The van der Waals surface area contributed by atoms with Gasteiger partial charge in [-0.2, -0.15) is 0 Å². The van der Waals surface area contributed by atoms with Gasteiger partial charge in [-0.25, -0.2) is 9.18 Å². The first-order valence-corrected chi connectivity index (χ1v) is 10.1. The van der Waals surface area contributed by atoms with Crippen LogP contribution in [0.2, 0.25) is 0 Å². The van der Waals surface area contributed by atoms with Gasteiger partial charge in [0.1, 0.15) is 11.4 Å². The van der Waals surface area contributed by atoms with Gasteiger partial charge in [0.25, 0.3) is 0 Å². The monoisotopic (exact) mass is 433 g/mol. The Labute approximate surface area is 168 Å². The summed E-state index contributed by atoms with van der Waals surface area (Å²) in [7, 11) is 0. The largest absolute Gasteiger partial charge is 0.437 e. The van der Waals surface area contributed by atoms with E-state index in [1.54, 1.807) is 23.1 Å². The molecule has 0 aromatic heterocycles. The standard InChI is InChI=1S/C22H25BrFNO2/c1-4-11-22(17-5-8-19(24)9-6-17)12-13-25(21(26)27-22)16(3)20-10-7-18(23)14-15(20)2/h4-10,15-16H,1,11-14H2,2-3H3. The zero-order valence-electron chi connectivity index (χ0n) is 15.8. The molecule has 1 fully saturated rings. The molecule has 0 radical (unpaired) electrons. The highest BCUT2D eigenvalue weighted by Gasteiger charge is 2.43. The Bertz CT molecular complexity index is 786. The third-order valence-electron chi connectivity index (χ3n) is 5.59. The number of hydrogen-bond donors (Lipinski definition) is 0. The molecule has 1 aliphatic carbocycles. The van der Waals surface area contributed by atoms with E-state index in [4.69, 9.17) is 4.74 Å². The molecule has 0 bridgehead atoms. The summed E-state index contributed by atoms with van der Waals surface area (Å²) >= 11 is 3.55. The topological polar surface area (TPSA) is 29.5 Å². The van der Waals surface area contributed by atoms with Crippen molar-refractivity contribution < 1.29 is 13.9 Å². The molecular weight excluding hydrogens is 409 g/mol. The summed E-state index contributed by atoms with van der Waals surface area (Å²) < 4.78 is 20.5. The first-order chi connectivity index (χ1) is 12.9. The lowest BCUT2D eigenvalue weighted by Crippen LogP contribution is -2.51. The SMILES string of the molecule is C=CCC1(c2ccc(F)cc2)CCN(C(C)C2=CC=C(Br)CC2C)C(=O)O1. The predicted molar refractivity (Wildman–Crippen MR) is 109 cm³/mol. The van der Waals surface area contributed by atoms with Gasteiger partial charge in [0.05, 0.1) is 6.04 Å². The van der Waals surface area contributed by atoms with Gasteiger partial charge in [0.15, 0.2) is 0 Å². The van der Waals surface area contributed by atoms with Crippen molar-refractivity contribution >= 4 is 22.0 Å². The second-order valence-electron chi connectivity index (χ2n) is 7.37. The van der Waals surface area contributed by atoms with Crippen LogP contribution in [0.4, 0.5) is 9.18 Å². The molecule has 27 heavy (non-hydrogen) atoms. The van der Waals surface area contributed by atoms with E-state index in [0.717, 1.165) is 12.0 Å². The van der Waals surface area contributed by atoms with Gasteiger partial charge in [0.2, 0.25) is 0 Å². The number of nitrogens with zero attached hydrogens (tertiary/aromatic N) is 1. The molecule has 0 N–H and O–H groups in total. The number of carbonyl (C=O) groups excluding carboxylic acids is 1. The lowest BCUT2D eigenvalue weighted by molar-refractivity contribution is -0.0563. The molecule has 1 saturated heterocycles. The van der Waals surface area contributed by atoms with Crippen LogP contribution >= 0.6 is 15.9 Å². The van der Waals surface area contributed by atoms with Gasteiger partial charge < -0.3 is 9.64 Å². The summed E-state index contributed by atoms with van der Waals surface area (Å²) in [6, 6.07) is 6.17. The number of amides is 1. The van der Waals surface area contributed by atoms with E-state index in [0.29, 0.717) is 25.3 Å². The highest BCUT2D eigenvalue weighted by Crippen LogP contribution is 2.40. The minimum absolute atomic E-state index is 0.0284. The van der Waals surface area contributed by atoms with Crippen LogP contribution in [0.15, 0.2) is 59.1 Å². The maximum atomic E-state index is 13.3. The second-order valence-corrected chi connectivity index (χ2v) is 8.39. The van der Waals surface area contributed by atoms with E-state index in [-0.39, 0.29) is 18.0 Å². The van der Waals surface area contributed by atoms with Gasteiger partial charge in [-0.05, 0) is 47.0 Å². The number of hydrogen-bond acceptors (Lipinski definition) is 2. The Morgan fingerprint density at radius 1 is 1.41 bits per heavy atom. The zero-order valence-corrected chi connectivity index (χ0v) is 17.3. The van der Waals surface area contributed by atoms with E-state index in [2.05, 4.69) is 48.5 Å². The van der Waals surface area contributed by atoms with E-state index in [1.807, 2.05) is 0 Å². The van der Waals surface area contributed by atoms with Gasteiger partial charge in [0, 0.05) is 19.4 Å². The number of cyclic esters (lactones) is 1. The summed E-state index contributed by atoms with van der Waals surface area (Å²) in [4.78, 5) is 14.7. The molecule has 0 spiro atoms. The Balaban J connectivity index is 1.82. The number of allylic oxidation sites excluding steroid dienone is 3. The van der Waals surface area contributed by atoms with Gasteiger partial charge >= 0.3 is 6.09 Å². The summed E-state index contributed by atoms with van der Waals surface area (Å²) in [5.41, 5.74) is 1.26. The van der Waals surface area contributed by atoms with Crippen LogP contribution in [-0.4, -0.2) is 23.6 Å². The molecule has 1 amide bonds. The van der Waals surface area contributed by atoms with Crippen LogP contribution in [0.25, 0.3) is 0 Å². The molecule has 144 valence electrons. The fourth-order valence-electron chi connectivity index (χ4n) is 4.03. The van der Waals surface area contributed by atoms with Crippen molar-refractivity contribution in [3.8, 4) is 0 Å². The molecule has 1 aromatic rings. The maximum absolute atomic E-state index is 13.3. The second kappa shape index (κ2) is 8.01.